The summed E-state index contributed by atoms with van der Waals surface area (Å²) >= 11 is 0. The minimum Gasteiger partial charge on any atom is -0.480 e. The molecule has 0 unspecified atom stereocenters. The van der Waals surface area contributed by atoms with E-state index in [9.17, 15) is 4.79 Å². The fourth-order valence-electron chi connectivity index (χ4n) is 2.41. The standard InChI is InChI=1S/C18H16N4O2/c19-15(18(23)24)10-13-8-4-5-9-14(13)17-21-16(11-20-22-17)12-6-2-1-3-7-12/h1-9,11,15H,10,19H2,(H,23,24)/t15-/m0/s1. The van der Waals surface area contributed by atoms with Crippen molar-refractivity contribution in [2.45, 2.75) is 12.5 Å². The van der Waals surface area contributed by atoms with Gasteiger partial charge in [0.1, 0.15) is 6.04 Å². The van der Waals surface area contributed by atoms with Gasteiger partial charge in [0.05, 0.1) is 11.9 Å². The maximum atomic E-state index is 11.0. The van der Waals surface area contributed by atoms with Crippen LogP contribution in [-0.4, -0.2) is 32.3 Å². The predicted octanol–water partition coefficient (Wildman–Crippen LogP) is 2.16. The summed E-state index contributed by atoms with van der Waals surface area (Å²) in [6.45, 7) is 0. The van der Waals surface area contributed by atoms with Crippen LogP contribution >= 0.6 is 0 Å². The highest BCUT2D eigenvalue weighted by Crippen LogP contribution is 2.23. The number of carbonyl (C=O) groups is 1. The predicted molar refractivity (Wildman–Crippen MR) is 90.0 cm³/mol. The fourth-order valence-corrected chi connectivity index (χ4v) is 2.41. The van der Waals surface area contributed by atoms with Crippen LogP contribution in [0.1, 0.15) is 5.56 Å². The quantitative estimate of drug-likeness (QED) is 0.747. The second-order valence-corrected chi connectivity index (χ2v) is 5.34. The van der Waals surface area contributed by atoms with Crippen LogP contribution in [0.4, 0.5) is 0 Å². The monoisotopic (exact) mass is 320 g/mol. The number of aliphatic carboxylic acids is 1. The van der Waals surface area contributed by atoms with Crippen molar-refractivity contribution in [1.29, 1.82) is 0 Å². The smallest absolute Gasteiger partial charge is 0.320 e. The molecule has 120 valence electrons. The summed E-state index contributed by atoms with van der Waals surface area (Å²) < 4.78 is 0. The maximum Gasteiger partial charge on any atom is 0.320 e. The minimum atomic E-state index is -1.04. The molecule has 0 spiro atoms. The molecule has 0 bridgehead atoms. The lowest BCUT2D eigenvalue weighted by Gasteiger charge is -2.11. The van der Waals surface area contributed by atoms with Crippen molar-refractivity contribution >= 4 is 5.97 Å². The Balaban J connectivity index is 1.99. The van der Waals surface area contributed by atoms with E-state index in [0.717, 1.165) is 16.7 Å². The van der Waals surface area contributed by atoms with E-state index in [4.69, 9.17) is 10.8 Å². The number of hydrogen-bond donors (Lipinski definition) is 2. The first-order chi connectivity index (χ1) is 11.6. The maximum absolute atomic E-state index is 11.0. The lowest BCUT2D eigenvalue weighted by molar-refractivity contribution is -0.138. The Morgan fingerprint density at radius 1 is 1.08 bits per heavy atom. The zero-order valence-electron chi connectivity index (χ0n) is 12.8. The third kappa shape index (κ3) is 3.44. The number of rotatable bonds is 5. The van der Waals surface area contributed by atoms with Crippen LogP contribution in [-0.2, 0) is 11.2 Å². The Bertz CT molecular complexity index is 852. The number of carboxylic acid groups (broad SMARTS) is 1. The van der Waals surface area contributed by atoms with E-state index in [1.807, 2.05) is 54.6 Å². The highest BCUT2D eigenvalue weighted by atomic mass is 16.4. The molecule has 3 N–H and O–H groups in total. The molecule has 0 fully saturated rings. The summed E-state index contributed by atoms with van der Waals surface area (Å²) in [5.41, 5.74) is 8.82. The fraction of sp³-hybridized carbons (Fsp3) is 0.111. The van der Waals surface area contributed by atoms with Gasteiger partial charge in [-0.15, -0.1) is 5.10 Å². The van der Waals surface area contributed by atoms with Crippen LogP contribution in [0.25, 0.3) is 22.6 Å². The van der Waals surface area contributed by atoms with Crippen LogP contribution in [0.3, 0.4) is 0 Å². The number of carboxylic acids is 1. The Morgan fingerprint density at radius 3 is 2.54 bits per heavy atom. The van der Waals surface area contributed by atoms with Crippen molar-refractivity contribution in [3.05, 3.63) is 66.4 Å². The van der Waals surface area contributed by atoms with Gasteiger partial charge in [-0.3, -0.25) is 4.79 Å². The van der Waals surface area contributed by atoms with Crippen molar-refractivity contribution in [3.8, 4) is 22.6 Å². The molecule has 1 atom stereocenters. The molecule has 6 heteroatoms. The zero-order valence-corrected chi connectivity index (χ0v) is 12.8. The Kier molecular flexibility index (Phi) is 4.58. The molecule has 6 nitrogen and oxygen atoms in total. The molecule has 0 saturated carbocycles. The van der Waals surface area contributed by atoms with Crippen molar-refractivity contribution in [3.63, 3.8) is 0 Å². The van der Waals surface area contributed by atoms with E-state index >= 15 is 0 Å². The SMILES string of the molecule is N[C@@H](Cc1ccccc1-c1nncc(-c2ccccc2)n1)C(=O)O. The van der Waals surface area contributed by atoms with Gasteiger partial charge in [-0.05, 0) is 12.0 Å². The van der Waals surface area contributed by atoms with E-state index in [1.54, 1.807) is 6.20 Å². The van der Waals surface area contributed by atoms with Crippen LogP contribution in [0, 0.1) is 0 Å². The molecule has 0 aliphatic heterocycles. The molecule has 0 radical (unpaired) electrons. The van der Waals surface area contributed by atoms with E-state index < -0.39 is 12.0 Å². The number of aromatic nitrogens is 3. The molecule has 3 aromatic rings. The van der Waals surface area contributed by atoms with E-state index in [-0.39, 0.29) is 6.42 Å². The third-order valence-electron chi connectivity index (χ3n) is 3.64. The summed E-state index contributed by atoms with van der Waals surface area (Å²) in [6.07, 6.45) is 1.80. The summed E-state index contributed by atoms with van der Waals surface area (Å²) in [4.78, 5) is 15.6. The van der Waals surface area contributed by atoms with Crippen molar-refractivity contribution in [1.82, 2.24) is 15.2 Å². The first-order valence-electron chi connectivity index (χ1n) is 7.47. The van der Waals surface area contributed by atoms with Gasteiger partial charge in [0.25, 0.3) is 0 Å². The van der Waals surface area contributed by atoms with Crippen LogP contribution in [0.2, 0.25) is 0 Å². The van der Waals surface area contributed by atoms with Crippen LogP contribution in [0.15, 0.2) is 60.8 Å². The van der Waals surface area contributed by atoms with Gasteiger partial charge in [0, 0.05) is 11.1 Å². The normalized spacial score (nSPS) is 11.9. The van der Waals surface area contributed by atoms with E-state index in [2.05, 4.69) is 15.2 Å². The lowest BCUT2D eigenvalue weighted by atomic mass is 10.00. The summed E-state index contributed by atoms with van der Waals surface area (Å²) in [5.74, 6) is -0.591. The average molecular weight is 320 g/mol. The second kappa shape index (κ2) is 6.97. The molecular weight excluding hydrogens is 304 g/mol. The molecule has 0 aliphatic rings. The topological polar surface area (TPSA) is 102 Å². The van der Waals surface area contributed by atoms with Crippen molar-refractivity contribution in [2.75, 3.05) is 0 Å². The molecule has 1 heterocycles. The molecule has 0 amide bonds. The number of nitrogens with zero attached hydrogens (tertiary/aromatic N) is 3. The lowest BCUT2D eigenvalue weighted by Crippen LogP contribution is -2.32. The first kappa shape index (κ1) is 15.8. The largest absolute Gasteiger partial charge is 0.480 e. The van der Waals surface area contributed by atoms with Gasteiger partial charge in [-0.2, -0.15) is 5.10 Å². The number of hydrogen-bond acceptors (Lipinski definition) is 5. The molecule has 0 saturated heterocycles. The van der Waals surface area contributed by atoms with Crippen molar-refractivity contribution < 1.29 is 9.90 Å². The highest BCUT2D eigenvalue weighted by Gasteiger charge is 2.16. The molecule has 3 rings (SSSR count). The Morgan fingerprint density at radius 2 is 1.79 bits per heavy atom. The molecule has 1 aromatic heterocycles. The molecule has 2 aromatic carbocycles. The number of benzene rings is 2. The van der Waals surface area contributed by atoms with Crippen LogP contribution < -0.4 is 5.73 Å². The Labute approximate surface area is 139 Å². The first-order valence-corrected chi connectivity index (χ1v) is 7.47. The zero-order chi connectivity index (χ0) is 16.9. The van der Waals surface area contributed by atoms with Gasteiger partial charge in [-0.1, -0.05) is 54.6 Å². The van der Waals surface area contributed by atoms with Gasteiger partial charge >= 0.3 is 5.97 Å². The summed E-state index contributed by atoms with van der Waals surface area (Å²) in [6, 6.07) is 16.1. The van der Waals surface area contributed by atoms with Gasteiger partial charge in [0.2, 0.25) is 0 Å². The van der Waals surface area contributed by atoms with Crippen molar-refractivity contribution in [2.24, 2.45) is 5.73 Å². The van der Waals surface area contributed by atoms with Gasteiger partial charge in [-0.25, -0.2) is 4.98 Å². The summed E-state index contributed by atoms with van der Waals surface area (Å²) in [7, 11) is 0. The molecule has 24 heavy (non-hydrogen) atoms. The second-order valence-electron chi connectivity index (χ2n) is 5.34. The van der Waals surface area contributed by atoms with E-state index in [1.165, 1.54) is 0 Å². The third-order valence-corrected chi connectivity index (χ3v) is 3.64. The summed E-state index contributed by atoms with van der Waals surface area (Å²) in [5, 5.41) is 17.2. The van der Waals surface area contributed by atoms with Gasteiger partial charge in [0.15, 0.2) is 5.82 Å². The highest BCUT2D eigenvalue weighted by molar-refractivity contribution is 5.74. The number of nitrogens with two attached hydrogens (primary N) is 1. The molecular formula is C18H16N4O2. The molecule has 0 aliphatic carbocycles. The van der Waals surface area contributed by atoms with Gasteiger partial charge < -0.3 is 10.8 Å². The Hall–Kier alpha value is -3.12. The minimum absolute atomic E-state index is 0.199. The average Bonchev–Trinajstić information content (AvgIpc) is 2.63. The van der Waals surface area contributed by atoms with Crippen LogP contribution in [0.5, 0.6) is 0 Å². The van der Waals surface area contributed by atoms with E-state index in [0.29, 0.717) is 11.5 Å².